The van der Waals surface area contributed by atoms with Crippen molar-refractivity contribution in [2.45, 2.75) is 25.8 Å². The van der Waals surface area contributed by atoms with Crippen LogP contribution < -0.4 is 9.80 Å². The van der Waals surface area contributed by atoms with Crippen molar-refractivity contribution in [1.82, 2.24) is 19.9 Å². The van der Waals surface area contributed by atoms with E-state index >= 15 is 0 Å². The number of aromatic hydroxyl groups is 1. The predicted molar refractivity (Wildman–Crippen MR) is 155 cm³/mol. The highest BCUT2D eigenvalue weighted by molar-refractivity contribution is 5.72. The van der Waals surface area contributed by atoms with E-state index in [0.717, 1.165) is 52.7 Å². The van der Waals surface area contributed by atoms with Crippen LogP contribution in [0.1, 0.15) is 24.8 Å². The molecule has 1 fully saturated rings. The van der Waals surface area contributed by atoms with Gasteiger partial charge in [0.2, 0.25) is 0 Å². The molecule has 1 aliphatic rings. The van der Waals surface area contributed by atoms with Gasteiger partial charge in [-0.15, -0.1) is 0 Å². The molecule has 7 nitrogen and oxygen atoms in total. The first-order valence-corrected chi connectivity index (χ1v) is 13.3. The Morgan fingerprint density at radius 3 is 2.36 bits per heavy atom. The molecule has 0 amide bonds. The van der Waals surface area contributed by atoms with E-state index in [1.54, 1.807) is 18.3 Å². The third-order valence-corrected chi connectivity index (χ3v) is 7.06. The molecule has 194 valence electrons. The smallest absolute Gasteiger partial charge is 0.137 e. The quantitative estimate of drug-likeness (QED) is 0.261. The number of piperidine rings is 1. The average Bonchev–Trinajstić information content (AvgIpc) is 3.01. The van der Waals surface area contributed by atoms with Crippen molar-refractivity contribution < 1.29 is 5.11 Å². The van der Waals surface area contributed by atoms with E-state index in [-0.39, 0.29) is 5.75 Å². The van der Waals surface area contributed by atoms with Gasteiger partial charge in [-0.2, -0.15) is 0 Å². The number of hydrogen-bond acceptors (Lipinski definition) is 7. The molecule has 0 bridgehead atoms. The largest absolute Gasteiger partial charge is 0.508 e. The van der Waals surface area contributed by atoms with Crippen molar-refractivity contribution >= 4 is 17.3 Å². The summed E-state index contributed by atoms with van der Waals surface area (Å²) in [5.41, 5.74) is 6.17. The number of aromatic nitrogens is 4. The minimum Gasteiger partial charge on any atom is -0.508 e. The first-order valence-electron chi connectivity index (χ1n) is 13.3. The Kier molecular flexibility index (Phi) is 7.12. The summed E-state index contributed by atoms with van der Waals surface area (Å²) >= 11 is 0. The molecule has 1 saturated heterocycles. The van der Waals surface area contributed by atoms with Crippen LogP contribution in [0.5, 0.6) is 5.75 Å². The zero-order valence-corrected chi connectivity index (χ0v) is 21.7. The molecule has 5 aromatic rings. The maximum absolute atomic E-state index is 9.99. The number of anilines is 3. The molecule has 7 heteroatoms. The van der Waals surface area contributed by atoms with Gasteiger partial charge in [-0.25, -0.2) is 15.0 Å². The topological polar surface area (TPSA) is 78.3 Å². The molecule has 0 spiro atoms. The van der Waals surface area contributed by atoms with E-state index in [4.69, 9.17) is 4.98 Å². The Hall–Kier alpha value is -4.78. The third-order valence-electron chi connectivity index (χ3n) is 7.06. The summed E-state index contributed by atoms with van der Waals surface area (Å²) in [6.07, 6.45) is 10.9. The second kappa shape index (κ2) is 11.3. The lowest BCUT2D eigenvalue weighted by molar-refractivity contribution is 0.474. The van der Waals surface area contributed by atoms with Crippen molar-refractivity contribution in [2.24, 2.45) is 0 Å². The van der Waals surface area contributed by atoms with E-state index in [2.05, 4.69) is 50.2 Å². The van der Waals surface area contributed by atoms with Crippen LogP contribution in [0.3, 0.4) is 0 Å². The summed E-state index contributed by atoms with van der Waals surface area (Å²) in [4.78, 5) is 22.6. The van der Waals surface area contributed by atoms with Gasteiger partial charge in [0.1, 0.15) is 23.7 Å². The number of benzene rings is 2. The summed E-state index contributed by atoms with van der Waals surface area (Å²) in [6, 6.07) is 26.0. The van der Waals surface area contributed by atoms with Crippen LogP contribution in [0.2, 0.25) is 0 Å². The Balaban J connectivity index is 1.29. The zero-order chi connectivity index (χ0) is 26.4. The first-order chi connectivity index (χ1) is 19.2. The first kappa shape index (κ1) is 24.6. The molecule has 0 atom stereocenters. The van der Waals surface area contributed by atoms with Crippen LogP contribution >= 0.6 is 0 Å². The molecule has 0 saturated carbocycles. The number of nitrogens with zero attached hydrogens (tertiary/aromatic N) is 6. The normalized spacial score (nSPS) is 13.3. The molecule has 1 aliphatic heterocycles. The van der Waals surface area contributed by atoms with Crippen LogP contribution in [-0.2, 0) is 6.54 Å². The highest BCUT2D eigenvalue weighted by Crippen LogP contribution is 2.30. The Morgan fingerprint density at radius 2 is 1.56 bits per heavy atom. The van der Waals surface area contributed by atoms with Gasteiger partial charge in [-0.05, 0) is 78.9 Å². The SMILES string of the molecule is Oc1cccc(CN(c2ccncn2)c2cccc(-c3cncc(-c4ccc(N5CCCCC5)cc4)c3)n2)c1. The van der Waals surface area contributed by atoms with Crippen molar-refractivity contribution in [3.8, 4) is 28.1 Å². The number of phenols is 1. The molecular weight excluding hydrogens is 484 g/mol. The lowest BCUT2D eigenvalue weighted by Crippen LogP contribution is -2.29. The molecule has 0 radical (unpaired) electrons. The fourth-order valence-corrected chi connectivity index (χ4v) is 5.05. The maximum atomic E-state index is 9.99. The second-order valence-corrected chi connectivity index (χ2v) is 9.76. The Morgan fingerprint density at radius 1 is 0.744 bits per heavy atom. The molecule has 0 unspecified atom stereocenters. The minimum absolute atomic E-state index is 0.226. The summed E-state index contributed by atoms with van der Waals surface area (Å²) < 4.78 is 0. The lowest BCUT2D eigenvalue weighted by atomic mass is 10.0. The van der Waals surface area contributed by atoms with Crippen LogP contribution in [0, 0.1) is 0 Å². The highest BCUT2D eigenvalue weighted by atomic mass is 16.3. The molecule has 39 heavy (non-hydrogen) atoms. The Labute approximate surface area is 228 Å². The third kappa shape index (κ3) is 5.72. The molecule has 0 aliphatic carbocycles. The van der Waals surface area contributed by atoms with E-state index in [1.165, 1.54) is 31.3 Å². The number of pyridine rings is 2. The maximum Gasteiger partial charge on any atom is 0.137 e. The molecule has 3 aromatic heterocycles. The minimum atomic E-state index is 0.226. The van der Waals surface area contributed by atoms with Gasteiger partial charge in [-0.1, -0.05) is 30.3 Å². The van der Waals surface area contributed by atoms with Crippen LogP contribution in [0.25, 0.3) is 22.4 Å². The molecular formula is C32H30N6O. The zero-order valence-electron chi connectivity index (χ0n) is 21.7. The monoisotopic (exact) mass is 514 g/mol. The fraction of sp³-hybridized carbons (Fsp3) is 0.188. The van der Waals surface area contributed by atoms with E-state index < -0.39 is 0 Å². The summed E-state index contributed by atoms with van der Waals surface area (Å²) in [5.74, 6) is 1.69. The highest BCUT2D eigenvalue weighted by Gasteiger charge is 2.15. The molecule has 1 N–H and O–H groups in total. The molecule has 4 heterocycles. The van der Waals surface area contributed by atoms with Gasteiger partial charge in [0, 0.05) is 48.5 Å². The van der Waals surface area contributed by atoms with Gasteiger partial charge in [0.15, 0.2) is 0 Å². The van der Waals surface area contributed by atoms with Crippen molar-refractivity contribution in [3.63, 3.8) is 0 Å². The van der Waals surface area contributed by atoms with Crippen LogP contribution in [-0.4, -0.2) is 38.1 Å². The number of hydrogen-bond donors (Lipinski definition) is 1. The van der Waals surface area contributed by atoms with Gasteiger partial charge in [0.25, 0.3) is 0 Å². The van der Waals surface area contributed by atoms with E-state index in [0.29, 0.717) is 6.54 Å². The Bertz CT molecular complexity index is 1530. The van der Waals surface area contributed by atoms with Gasteiger partial charge in [0.05, 0.1) is 12.2 Å². The average molecular weight is 515 g/mol. The van der Waals surface area contributed by atoms with E-state index in [1.807, 2.05) is 53.7 Å². The predicted octanol–water partition coefficient (Wildman–Crippen LogP) is 6.63. The lowest BCUT2D eigenvalue weighted by Gasteiger charge is -2.28. The second-order valence-electron chi connectivity index (χ2n) is 9.76. The van der Waals surface area contributed by atoms with Crippen molar-refractivity contribution in [2.75, 3.05) is 22.9 Å². The number of rotatable bonds is 7. The van der Waals surface area contributed by atoms with Gasteiger partial charge in [-0.3, -0.25) is 4.98 Å². The summed E-state index contributed by atoms with van der Waals surface area (Å²) in [5, 5.41) is 9.99. The van der Waals surface area contributed by atoms with Crippen molar-refractivity contribution in [1.29, 1.82) is 0 Å². The molecule has 2 aromatic carbocycles. The molecule has 6 rings (SSSR count). The van der Waals surface area contributed by atoms with Crippen LogP contribution in [0.4, 0.5) is 17.3 Å². The summed E-state index contributed by atoms with van der Waals surface area (Å²) in [7, 11) is 0. The van der Waals surface area contributed by atoms with E-state index in [9.17, 15) is 5.11 Å². The number of phenolic OH excluding ortho intramolecular Hbond substituents is 1. The summed E-state index contributed by atoms with van der Waals surface area (Å²) in [6.45, 7) is 2.76. The standard InChI is InChI=1S/C32H30N6O/c39-29-7-4-6-24(18-29)22-38(31-14-15-33-23-35-31)32-9-5-8-30(36-32)27-19-26(20-34-21-27)25-10-12-28(13-11-25)37-16-2-1-3-17-37/h4-15,18-21,23,39H,1-3,16-17,22H2. The van der Waals surface area contributed by atoms with Crippen LogP contribution in [0.15, 0.2) is 104 Å². The van der Waals surface area contributed by atoms with Gasteiger partial charge >= 0.3 is 0 Å². The fourth-order valence-electron chi connectivity index (χ4n) is 5.05. The van der Waals surface area contributed by atoms with Crippen molar-refractivity contribution in [3.05, 3.63) is 109 Å². The van der Waals surface area contributed by atoms with Gasteiger partial charge < -0.3 is 14.9 Å².